The van der Waals surface area contributed by atoms with Gasteiger partial charge in [-0.15, -0.1) is 0 Å². The number of nitrogens with zero attached hydrogens (tertiary/aromatic N) is 2. The molecule has 0 bridgehead atoms. The molecule has 0 amide bonds. The molecular formula is C13H23N3. The lowest BCUT2D eigenvalue weighted by Gasteiger charge is -2.27. The number of hydrogen-bond donors (Lipinski definition) is 1. The van der Waals surface area contributed by atoms with Gasteiger partial charge in [0.15, 0.2) is 0 Å². The fraction of sp³-hybridized carbons (Fsp3) is 0.692. The Morgan fingerprint density at radius 2 is 2.06 bits per heavy atom. The zero-order valence-corrected chi connectivity index (χ0v) is 10.8. The van der Waals surface area contributed by atoms with Crippen molar-refractivity contribution in [3.8, 4) is 0 Å². The van der Waals surface area contributed by atoms with Gasteiger partial charge in [0.2, 0.25) is 0 Å². The highest BCUT2D eigenvalue weighted by Crippen LogP contribution is 2.25. The van der Waals surface area contributed by atoms with Crippen molar-refractivity contribution in [1.29, 1.82) is 0 Å². The fourth-order valence-corrected chi connectivity index (χ4v) is 2.17. The molecule has 3 heteroatoms. The van der Waals surface area contributed by atoms with Crippen LogP contribution < -0.4 is 5.32 Å². The van der Waals surface area contributed by atoms with Crippen LogP contribution in [0.5, 0.6) is 0 Å². The molecule has 0 aliphatic rings. The van der Waals surface area contributed by atoms with Gasteiger partial charge in [0.25, 0.3) is 0 Å². The molecule has 1 aromatic rings. The van der Waals surface area contributed by atoms with Crippen LogP contribution in [0, 0.1) is 5.92 Å². The minimum atomic E-state index is 0.453. The Morgan fingerprint density at radius 1 is 1.31 bits per heavy atom. The summed E-state index contributed by atoms with van der Waals surface area (Å²) in [7, 11) is 0. The van der Waals surface area contributed by atoms with Crippen LogP contribution in [0.15, 0.2) is 18.6 Å². The molecule has 0 spiro atoms. The Balaban J connectivity index is 2.75. The first-order valence-electron chi connectivity index (χ1n) is 6.16. The van der Waals surface area contributed by atoms with E-state index in [9.17, 15) is 0 Å². The van der Waals surface area contributed by atoms with Crippen LogP contribution in [-0.2, 0) is 0 Å². The first-order chi connectivity index (χ1) is 7.66. The minimum absolute atomic E-state index is 0.453. The molecule has 0 saturated heterocycles. The monoisotopic (exact) mass is 221 g/mol. The maximum absolute atomic E-state index is 4.38. The van der Waals surface area contributed by atoms with E-state index in [-0.39, 0.29) is 0 Å². The van der Waals surface area contributed by atoms with Crippen LogP contribution in [0.3, 0.4) is 0 Å². The van der Waals surface area contributed by atoms with E-state index in [0.29, 0.717) is 17.9 Å². The Kier molecular flexibility index (Phi) is 5.39. The molecule has 1 heterocycles. The SMILES string of the molecule is CCCNC(C)C(c1ccncn1)C(C)C. The maximum Gasteiger partial charge on any atom is 0.115 e. The molecule has 0 fully saturated rings. The quantitative estimate of drug-likeness (QED) is 0.802. The molecule has 2 unspecified atom stereocenters. The van der Waals surface area contributed by atoms with Gasteiger partial charge in [-0.3, -0.25) is 0 Å². The summed E-state index contributed by atoms with van der Waals surface area (Å²) < 4.78 is 0. The van der Waals surface area contributed by atoms with E-state index >= 15 is 0 Å². The average molecular weight is 221 g/mol. The van der Waals surface area contributed by atoms with Crippen molar-refractivity contribution < 1.29 is 0 Å². The van der Waals surface area contributed by atoms with Crippen molar-refractivity contribution in [1.82, 2.24) is 15.3 Å². The predicted octanol–water partition coefficient (Wildman–Crippen LogP) is 2.60. The molecule has 16 heavy (non-hydrogen) atoms. The number of aromatic nitrogens is 2. The maximum atomic E-state index is 4.38. The summed E-state index contributed by atoms with van der Waals surface area (Å²) in [6, 6.07) is 2.48. The van der Waals surface area contributed by atoms with Gasteiger partial charge < -0.3 is 5.32 Å². The second-order valence-electron chi connectivity index (χ2n) is 4.65. The van der Waals surface area contributed by atoms with E-state index < -0.39 is 0 Å². The molecule has 0 aliphatic heterocycles. The van der Waals surface area contributed by atoms with Crippen LogP contribution in [-0.4, -0.2) is 22.6 Å². The van der Waals surface area contributed by atoms with Crippen molar-refractivity contribution in [2.24, 2.45) is 5.92 Å². The lowest BCUT2D eigenvalue weighted by Crippen LogP contribution is -2.35. The van der Waals surface area contributed by atoms with E-state index in [1.807, 2.05) is 12.3 Å². The average Bonchev–Trinajstić information content (AvgIpc) is 2.27. The molecule has 2 atom stereocenters. The largest absolute Gasteiger partial charge is 0.314 e. The van der Waals surface area contributed by atoms with Gasteiger partial charge >= 0.3 is 0 Å². The van der Waals surface area contributed by atoms with Gasteiger partial charge in [0, 0.05) is 23.9 Å². The summed E-state index contributed by atoms with van der Waals surface area (Å²) in [6.07, 6.45) is 4.63. The smallest absolute Gasteiger partial charge is 0.115 e. The summed E-state index contributed by atoms with van der Waals surface area (Å²) in [5, 5.41) is 3.55. The van der Waals surface area contributed by atoms with E-state index in [2.05, 4.69) is 43.0 Å². The lowest BCUT2D eigenvalue weighted by atomic mass is 9.86. The zero-order chi connectivity index (χ0) is 12.0. The second kappa shape index (κ2) is 6.59. The summed E-state index contributed by atoms with van der Waals surface area (Å²) in [6.45, 7) is 9.99. The van der Waals surface area contributed by atoms with E-state index in [1.54, 1.807) is 6.33 Å². The van der Waals surface area contributed by atoms with E-state index in [4.69, 9.17) is 0 Å². The lowest BCUT2D eigenvalue weighted by molar-refractivity contribution is 0.371. The molecule has 3 nitrogen and oxygen atoms in total. The first-order valence-corrected chi connectivity index (χ1v) is 6.16. The normalized spacial score (nSPS) is 15.1. The minimum Gasteiger partial charge on any atom is -0.314 e. The fourth-order valence-electron chi connectivity index (χ4n) is 2.17. The second-order valence-corrected chi connectivity index (χ2v) is 4.65. The van der Waals surface area contributed by atoms with Crippen LogP contribution >= 0.6 is 0 Å². The summed E-state index contributed by atoms with van der Waals surface area (Å²) in [5.41, 5.74) is 1.14. The standard InChI is InChI=1S/C13H23N3/c1-5-7-15-11(4)13(10(2)3)12-6-8-14-9-16-12/h6,8-11,13,15H,5,7H2,1-4H3. The molecular weight excluding hydrogens is 198 g/mol. The predicted molar refractivity (Wildman–Crippen MR) is 67.4 cm³/mol. The van der Waals surface area contributed by atoms with Crippen LogP contribution in [0.25, 0.3) is 0 Å². The molecule has 1 aromatic heterocycles. The molecule has 0 aliphatic carbocycles. The molecule has 0 saturated carbocycles. The van der Waals surface area contributed by atoms with Crippen molar-refractivity contribution in [3.63, 3.8) is 0 Å². The number of rotatable bonds is 6. The number of nitrogens with one attached hydrogen (secondary N) is 1. The van der Waals surface area contributed by atoms with Crippen molar-refractivity contribution >= 4 is 0 Å². The Labute approximate surface area is 98.7 Å². The molecule has 1 N–H and O–H groups in total. The highest BCUT2D eigenvalue weighted by Gasteiger charge is 2.23. The zero-order valence-electron chi connectivity index (χ0n) is 10.8. The molecule has 90 valence electrons. The first kappa shape index (κ1) is 13.1. The van der Waals surface area contributed by atoms with Gasteiger partial charge in [-0.2, -0.15) is 0 Å². The van der Waals surface area contributed by atoms with Gasteiger partial charge in [0.05, 0.1) is 0 Å². The van der Waals surface area contributed by atoms with Crippen molar-refractivity contribution in [2.75, 3.05) is 6.54 Å². The Bertz CT molecular complexity index is 284. The third kappa shape index (κ3) is 3.56. The van der Waals surface area contributed by atoms with Crippen molar-refractivity contribution in [2.45, 2.75) is 46.1 Å². The Morgan fingerprint density at radius 3 is 2.56 bits per heavy atom. The highest BCUT2D eigenvalue weighted by atomic mass is 14.9. The molecule has 0 radical (unpaired) electrons. The van der Waals surface area contributed by atoms with Crippen LogP contribution in [0.1, 0.15) is 45.7 Å². The third-order valence-electron chi connectivity index (χ3n) is 2.92. The van der Waals surface area contributed by atoms with E-state index in [0.717, 1.165) is 12.2 Å². The van der Waals surface area contributed by atoms with Gasteiger partial charge in [-0.25, -0.2) is 9.97 Å². The number of hydrogen-bond acceptors (Lipinski definition) is 3. The van der Waals surface area contributed by atoms with Gasteiger partial charge in [-0.1, -0.05) is 20.8 Å². The molecule has 1 rings (SSSR count). The third-order valence-corrected chi connectivity index (χ3v) is 2.92. The summed E-state index contributed by atoms with van der Waals surface area (Å²) in [5.74, 6) is 1.03. The van der Waals surface area contributed by atoms with Crippen molar-refractivity contribution in [3.05, 3.63) is 24.3 Å². The van der Waals surface area contributed by atoms with Gasteiger partial charge in [-0.05, 0) is 31.9 Å². The van der Waals surface area contributed by atoms with Crippen LogP contribution in [0.2, 0.25) is 0 Å². The molecule has 0 aromatic carbocycles. The van der Waals surface area contributed by atoms with Crippen LogP contribution in [0.4, 0.5) is 0 Å². The topological polar surface area (TPSA) is 37.8 Å². The van der Waals surface area contributed by atoms with E-state index in [1.165, 1.54) is 6.42 Å². The summed E-state index contributed by atoms with van der Waals surface area (Å²) >= 11 is 0. The summed E-state index contributed by atoms with van der Waals surface area (Å²) in [4.78, 5) is 8.36. The van der Waals surface area contributed by atoms with Gasteiger partial charge in [0.1, 0.15) is 6.33 Å². The highest BCUT2D eigenvalue weighted by molar-refractivity contribution is 5.09. The Hall–Kier alpha value is -0.960.